The number of ether oxygens (including phenoxy) is 2. The first-order valence-electron chi connectivity index (χ1n) is 16.5. The molecule has 3 fully saturated rings. The summed E-state index contributed by atoms with van der Waals surface area (Å²) < 4.78 is 12.3. The largest absolute Gasteiger partial charge is 0.494 e. The highest BCUT2D eigenvalue weighted by Crippen LogP contribution is 2.63. The molecule has 2 aromatic carbocycles. The van der Waals surface area contributed by atoms with Gasteiger partial charge in [-0.1, -0.05) is 12.8 Å². The van der Waals surface area contributed by atoms with Crippen LogP contribution in [-0.4, -0.2) is 77.8 Å². The van der Waals surface area contributed by atoms with Crippen LogP contribution in [0, 0.1) is 11.8 Å². The summed E-state index contributed by atoms with van der Waals surface area (Å²) in [4.78, 5) is 46.3. The lowest BCUT2D eigenvalue weighted by Crippen LogP contribution is -2.53. The topological polar surface area (TPSA) is 120 Å². The van der Waals surface area contributed by atoms with Gasteiger partial charge in [0.15, 0.2) is 0 Å². The number of rotatable bonds is 15. The molecule has 0 radical (unpaired) electrons. The summed E-state index contributed by atoms with van der Waals surface area (Å²) in [5.74, 6) is -1.58. The molecule has 2 bridgehead atoms. The molecule has 3 saturated heterocycles. The van der Waals surface area contributed by atoms with Crippen LogP contribution in [0.1, 0.15) is 66.2 Å². The van der Waals surface area contributed by atoms with Crippen molar-refractivity contribution in [3.05, 3.63) is 48.5 Å². The van der Waals surface area contributed by atoms with Crippen molar-refractivity contribution in [2.45, 2.75) is 83.5 Å². The molecule has 3 amide bonds. The Morgan fingerprint density at radius 1 is 0.933 bits per heavy atom. The van der Waals surface area contributed by atoms with Gasteiger partial charge in [-0.05, 0) is 102 Å². The number of anilines is 3. The molecule has 10 nitrogen and oxygen atoms in total. The molecule has 3 N–H and O–H groups in total. The molecule has 5 atom stereocenters. The molecule has 5 rings (SSSR count). The van der Waals surface area contributed by atoms with Gasteiger partial charge in [-0.3, -0.25) is 14.4 Å². The third-order valence-corrected chi connectivity index (χ3v) is 9.81. The van der Waals surface area contributed by atoms with Gasteiger partial charge in [0.25, 0.3) is 0 Å². The van der Waals surface area contributed by atoms with Crippen molar-refractivity contribution >= 4 is 34.8 Å². The van der Waals surface area contributed by atoms with Gasteiger partial charge in [0.05, 0.1) is 24.0 Å². The number of nitrogens with one attached hydrogen (secondary N) is 2. The first-order chi connectivity index (χ1) is 21.7. The molecule has 0 saturated carbocycles. The molecule has 10 heteroatoms. The fourth-order valence-corrected chi connectivity index (χ4v) is 7.69. The number of aliphatic hydroxyl groups excluding tert-OH is 1. The minimum atomic E-state index is -1.09. The molecule has 1 spiro atoms. The van der Waals surface area contributed by atoms with E-state index in [1.54, 1.807) is 29.2 Å². The molecular formula is C35H48N4O6. The average Bonchev–Trinajstić information content (AvgIpc) is 3.60. The molecular weight excluding hydrogens is 572 g/mol. The van der Waals surface area contributed by atoms with Crippen LogP contribution in [-0.2, 0) is 19.1 Å². The number of aliphatic hydroxyl groups is 1. The van der Waals surface area contributed by atoms with E-state index in [0.29, 0.717) is 56.0 Å². The van der Waals surface area contributed by atoms with Crippen LogP contribution in [0.25, 0.3) is 0 Å². The molecule has 0 aliphatic carbocycles. The molecule has 244 valence electrons. The zero-order valence-electron chi connectivity index (χ0n) is 27.0. The van der Waals surface area contributed by atoms with Gasteiger partial charge in [0.1, 0.15) is 17.4 Å². The van der Waals surface area contributed by atoms with E-state index in [4.69, 9.17) is 9.47 Å². The van der Waals surface area contributed by atoms with Crippen molar-refractivity contribution in [1.82, 2.24) is 4.90 Å². The van der Waals surface area contributed by atoms with Crippen molar-refractivity contribution in [2.75, 3.05) is 48.4 Å². The number of hydrogen-bond donors (Lipinski definition) is 3. The maximum atomic E-state index is 14.3. The Kier molecular flexibility index (Phi) is 10.0. The summed E-state index contributed by atoms with van der Waals surface area (Å²) >= 11 is 0. The number of fused-ring (bicyclic) bond motifs is 1. The molecule has 3 aliphatic heterocycles. The molecule has 3 heterocycles. The zero-order valence-corrected chi connectivity index (χ0v) is 27.0. The first-order valence-corrected chi connectivity index (χ1v) is 16.5. The van der Waals surface area contributed by atoms with E-state index in [9.17, 15) is 19.5 Å². The van der Waals surface area contributed by atoms with Crippen molar-refractivity contribution in [3.63, 3.8) is 0 Å². The Morgan fingerprint density at radius 3 is 2.18 bits per heavy atom. The summed E-state index contributed by atoms with van der Waals surface area (Å²) in [6.07, 6.45) is 4.14. The van der Waals surface area contributed by atoms with Crippen LogP contribution in [0.15, 0.2) is 48.5 Å². The molecule has 2 aromatic rings. The third kappa shape index (κ3) is 6.27. The first kappa shape index (κ1) is 32.8. The zero-order chi connectivity index (χ0) is 32.2. The van der Waals surface area contributed by atoms with E-state index in [1.807, 2.05) is 38.1 Å². The van der Waals surface area contributed by atoms with E-state index in [0.717, 1.165) is 31.6 Å². The predicted molar refractivity (Wildman–Crippen MR) is 174 cm³/mol. The van der Waals surface area contributed by atoms with Crippen LogP contribution in [0.2, 0.25) is 0 Å². The van der Waals surface area contributed by atoms with Gasteiger partial charge in [-0.25, -0.2) is 0 Å². The maximum absolute atomic E-state index is 14.3. The number of amides is 3. The van der Waals surface area contributed by atoms with Crippen LogP contribution in [0.3, 0.4) is 0 Å². The Labute approximate surface area is 266 Å². The van der Waals surface area contributed by atoms with Gasteiger partial charge >= 0.3 is 0 Å². The number of unbranched alkanes of at least 4 members (excludes halogenated alkanes) is 3. The SMILES string of the molecule is CCOc1ccc(NC(=O)[C@H]2[C@H]3C(=O)N(CCCCCCO)C(C(=O)Nc4ccc(N(CC)CC)cc4)C34CC[C@]2(C)O4)cc1. The Morgan fingerprint density at radius 2 is 1.56 bits per heavy atom. The predicted octanol–water partition coefficient (Wildman–Crippen LogP) is 4.83. The highest BCUT2D eigenvalue weighted by atomic mass is 16.5. The number of carbonyl (C=O) groups excluding carboxylic acids is 3. The van der Waals surface area contributed by atoms with Crippen molar-refractivity contribution in [3.8, 4) is 5.75 Å². The summed E-state index contributed by atoms with van der Waals surface area (Å²) in [5, 5.41) is 15.3. The normalized spacial score (nSPS) is 26.6. The number of benzene rings is 2. The van der Waals surface area contributed by atoms with Gasteiger partial charge < -0.3 is 35.0 Å². The lowest BCUT2D eigenvalue weighted by molar-refractivity contribution is -0.143. The van der Waals surface area contributed by atoms with Gasteiger partial charge in [0, 0.05) is 43.3 Å². The quantitative estimate of drug-likeness (QED) is 0.244. The molecule has 2 unspecified atom stereocenters. The third-order valence-electron chi connectivity index (χ3n) is 9.81. The lowest BCUT2D eigenvalue weighted by atomic mass is 9.66. The van der Waals surface area contributed by atoms with E-state index in [2.05, 4.69) is 29.4 Å². The Balaban J connectivity index is 1.40. The molecule has 0 aromatic heterocycles. The van der Waals surface area contributed by atoms with E-state index < -0.39 is 29.1 Å². The van der Waals surface area contributed by atoms with Gasteiger partial charge in [-0.2, -0.15) is 0 Å². The number of carbonyl (C=O) groups is 3. The van der Waals surface area contributed by atoms with Crippen molar-refractivity contribution < 1.29 is 29.0 Å². The standard InChI is InChI=1S/C35H48N4O6/c1-5-38(6-2)26-16-12-24(13-17-26)37-32(42)30-35-21-20-34(4,45-35)28(29(35)33(43)39(30)22-10-8-9-11-23-40)31(41)36-25-14-18-27(19-15-25)44-7-3/h12-19,28-30,40H,5-11,20-23H2,1-4H3,(H,36,41)(H,37,42)/t28-,29+,30?,34+,35?/m1/s1. The Hall–Kier alpha value is -3.63. The van der Waals surface area contributed by atoms with Crippen LogP contribution in [0.5, 0.6) is 5.75 Å². The Bertz CT molecular complexity index is 1350. The number of likely N-dealkylation sites (tertiary alicyclic amines) is 1. The number of nitrogens with zero attached hydrogens (tertiary/aromatic N) is 2. The van der Waals surface area contributed by atoms with E-state index >= 15 is 0 Å². The van der Waals surface area contributed by atoms with Crippen LogP contribution >= 0.6 is 0 Å². The lowest BCUT2D eigenvalue weighted by Gasteiger charge is -2.33. The smallest absolute Gasteiger partial charge is 0.250 e. The molecule has 3 aliphatic rings. The second kappa shape index (κ2) is 13.8. The minimum Gasteiger partial charge on any atom is -0.494 e. The fourth-order valence-electron chi connectivity index (χ4n) is 7.69. The average molecular weight is 621 g/mol. The van der Waals surface area contributed by atoms with Crippen molar-refractivity contribution in [1.29, 1.82) is 0 Å². The summed E-state index contributed by atoms with van der Waals surface area (Å²) in [5.41, 5.74) is 0.368. The second-order valence-corrected chi connectivity index (χ2v) is 12.6. The second-order valence-electron chi connectivity index (χ2n) is 12.6. The summed E-state index contributed by atoms with van der Waals surface area (Å²) in [6, 6.07) is 14.1. The van der Waals surface area contributed by atoms with Crippen LogP contribution < -0.4 is 20.3 Å². The van der Waals surface area contributed by atoms with Crippen molar-refractivity contribution in [2.24, 2.45) is 11.8 Å². The minimum absolute atomic E-state index is 0.128. The highest BCUT2D eigenvalue weighted by molar-refractivity contribution is 6.05. The van der Waals surface area contributed by atoms with E-state index in [-0.39, 0.29) is 24.3 Å². The van der Waals surface area contributed by atoms with Crippen LogP contribution in [0.4, 0.5) is 17.1 Å². The van der Waals surface area contributed by atoms with E-state index in [1.165, 1.54) is 0 Å². The summed E-state index contributed by atoms with van der Waals surface area (Å²) in [7, 11) is 0. The fraction of sp³-hybridized carbons (Fsp3) is 0.571. The highest BCUT2D eigenvalue weighted by Gasteiger charge is 2.77. The number of hydrogen-bond acceptors (Lipinski definition) is 7. The maximum Gasteiger partial charge on any atom is 0.250 e. The molecule has 45 heavy (non-hydrogen) atoms. The van der Waals surface area contributed by atoms with Gasteiger partial charge in [0.2, 0.25) is 17.7 Å². The monoisotopic (exact) mass is 620 g/mol. The van der Waals surface area contributed by atoms with Gasteiger partial charge in [-0.15, -0.1) is 0 Å². The summed E-state index contributed by atoms with van der Waals surface area (Å²) in [6.45, 7) is 10.8.